The van der Waals surface area contributed by atoms with Crippen LogP contribution in [0.5, 0.6) is 0 Å². The minimum Gasteiger partial charge on any atom is -0.477 e. The second-order valence-corrected chi connectivity index (χ2v) is 7.45. The van der Waals surface area contributed by atoms with Crippen molar-refractivity contribution in [3.63, 3.8) is 0 Å². The molecule has 10 heteroatoms. The summed E-state index contributed by atoms with van der Waals surface area (Å²) in [6.07, 6.45) is 1.40. The van der Waals surface area contributed by atoms with Crippen molar-refractivity contribution in [2.45, 2.75) is 12.2 Å². The van der Waals surface area contributed by atoms with Crippen molar-refractivity contribution in [2.75, 3.05) is 32.2 Å². The molecule has 1 aromatic heterocycles. The number of hydrogen-bond donors (Lipinski definition) is 1. The van der Waals surface area contributed by atoms with Crippen LogP contribution in [0.15, 0.2) is 41.3 Å². The molecule has 1 saturated heterocycles. The number of aromatic carboxylic acids is 1. The number of pyridine rings is 1. The van der Waals surface area contributed by atoms with E-state index in [1.807, 2.05) is 0 Å². The van der Waals surface area contributed by atoms with Crippen LogP contribution < -0.4 is 10.3 Å². The maximum Gasteiger partial charge on any atom is 0.341 e. The quantitative estimate of drug-likeness (QED) is 0.604. The van der Waals surface area contributed by atoms with Crippen LogP contribution in [0.4, 0.5) is 18.9 Å². The van der Waals surface area contributed by atoms with Gasteiger partial charge in [-0.1, -0.05) is 0 Å². The molecule has 2 heterocycles. The predicted molar refractivity (Wildman–Crippen MR) is 110 cm³/mol. The fourth-order valence-corrected chi connectivity index (χ4v) is 3.98. The number of anilines is 1. The van der Waals surface area contributed by atoms with Crippen molar-refractivity contribution in [3.05, 3.63) is 69.8 Å². The molecule has 0 radical (unpaired) electrons. The molecule has 32 heavy (non-hydrogen) atoms. The second-order valence-electron chi connectivity index (χ2n) is 7.45. The fourth-order valence-electron chi connectivity index (χ4n) is 3.98. The van der Waals surface area contributed by atoms with Gasteiger partial charge in [-0.3, -0.25) is 4.79 Å². The number of hydrogen-bond acceptors (Lipinski definition) is 5. The molecule has 2 aromatic carbocycles. The summed E-state index contributed by atoms with van der Waals surface area (Å²) in [6.45, 7) is 0.581. The molecule has 0 amide bonds. The summed E-state index contributed by atoms with van der Waals surface area (Å²) in [5, 5.41) is 9.17. The first-order chi connectivity index (χ1) is 15.2. The lowest BCUT2D eigenvalue weighted by Gasteiger charge is -2.27. The van der Waals surface area contributed by atoms with Crippen LogP contribution in [0.3, 0.4) is 0 Å². The Kier molecular flexibility index (Phi) is 5.43. The number of nitrogens with zero attached hydrogens (tertiary/aromatic N) is 2. The monoisotopic (exact) mass is 448 g/mol. The lowest BCUT2D eigenvalue weighted by Crippen LogP contribution is -2.37. The average Bonchev–Trinajstić information content (AvgIpc) is 3.19. The molecule has 0 unspecified atom stereocenters. The molecule has 7 nitrogen and oxygen atoms in total. The first kappa shape index (κ1) is 21.8. The molecule has 0 atom stereocenters. The summed E-state index contributed by atoms with van der Waals surface area (Å²) in [4.78, 5) is 26.0. The van der Waals surface area contributed by atoms with E-state index >= 15 is 4.39 Å². The highest BCUT2D eigenvalue weighted by Crippen LogP contribution is 2.34. The Morgan fingerprint density at radius 3 is 2.34 bits per heavy atom. The molecule has 0 bridgehead atoms. The molecular formula is C22H19F3N2O5. The minimum absolute atomic E-state index is 0.0641. The van der Waals surface area contributed by atoms with Gasteiger partial charge >= 0.3 is 5.97 Å². The van der Waals surface area contributed by atoms with Gasteiger partial charge in [0.1, 0.15) is 23.0 Å². The van der Waals surface area contributed by atoms with Gasteiger partial charge < -0.3 is 24.0 Å². The van der Waals surface area contributed by atoms with Gasteiger partial charge in [0.15, 0.2) is 5.79 Å². The maximum absolute atomic E-state index is 15.1. The molecule has 168 valence electrons. The van der Waals surface area contributed by atoms with E-state index in [0.717, 1.165) is 29.0 Å². The third-order valence-corrected chi connectivity index (χ3v) is 5.75. The topological polar surface area (TPSA) is 81.0 Å². The largest absolute Gasteiger partial charge is 0.477 e. The SMILES string of the molecule is COC1(OC)CCN(c2cc3c(cc2F)c(=O)c(C(=O)O)cn3-c2ccc(F)cc2F)C1. The first-order valence-electron chi connectivity index (χ1n) is 9.62. The van der Waals surface area contributed by atoms with Crippen LogP contribution in [0.2, 0.25) is 0 Å². The highest BCUT2D eigenvalue weighted by molar-refractivity contribution is 5.94. The number of carbonyl (C=O) groups is 1. The van der Waals surface area contributed by atoms with E-state index in [9.17, 15) is 23.5 Å². The summed E-state index contributed by atoms with van der Waals surface area (Å²) in [6, 6.07) is 5.01. The van der Waals surface area contributed by atoms with Crippen molar-refractivity contribution >= 4 is 22.6 Å². The Labute approximate surface area is 180 Å². The first-order valence-corrected chi connectivity index (χ1v) is 9.62. The Morgan fingerprint density at radius 1 is 1.06 bits per heavy atom. The summed E-state index contributed by atoms with van der Waals surface area (Å²) >= 11 is 0. The number of fused-ring (bicyclic) bond motifs is 1. The fraction of sp³-hybridized carbons (Fsp3) is 0.273. The minimum atomic E-state index is -1.55. The van der Waals surface area contributed by atoms with Crippen molar-refractivity contribution in [2.24, 2.45) is 0 Å². The van der Waals surface area contributed by atoms with Gasteiger partial charge in [0.05, 0.1) is 23.4 Å². The maximum atomic E-state index is 15.1. The number of halogens is 3. The number of ether oxygens (including phenoxy) is 2. The van der Waals surface area contributed by atoms with Gasteiger partial charge in [-0.05, 0) is 24.3 Å². The smallest absolute Gasteiger partial charge is 0.341 e. The summed E-state index contributed by atoms with van der Waals surface area (Å²) in [7, 11) is 2.96. The van der Waals surface area contributed by atoms with E-state index in [4.69, 9.17) is 9.47 Å². The van der Waals surface area contributed by atoms with Crippen LogP contribution in [0, 0.1) is 17.5 Å². The Hall–Kier alpha value is -3.37. The number of benzene rings is 2. The molecule has 1 N–H and O–H groups in total. The number of carboxylic acids is 1. The third-order valence-electron chi connectivity index (χ3n) is 5.75. The van der Waals surface area contributed by atoms with E-state index in [2.05, 4.69) is 0 Å². The average molecular weight is 448 g/mol. The van der Waals surface area contributed by atoms with Crippen molar-refractivity contribution in [1.29, 1.82) is 0 Å². The molecule has 0 aliphatic carbocycles. The highest BCUT2D eigenvalue weighted by Gasteiger charge is 2.39. The van der Waals surface area contributed by atoms with Gasteiger partial charge in [0, 0.05) is 44.8 Å². The molecule has 1 aliphatic heterocycles. The summed E-state index contributed by atoms with van der Waals surface area (Å²) in [5.41, 5.74) is -1.61. The lowest BCUT2D eigenvalue weighted by molar-refractivity contribution is -0.189. The highest BCUT2D eigenvalue weighted by atomic mass is 19.1. The molecule has 1 fully saturated rings. The zero-order chi connectivity index (χ0) is 23.2. The van der Waals surface area contributed by atoms with Crippen LogP contribution >= 0.6 is 0 Å². The van der Waals surface area contributed by atoms with Gasteiger partial charge in [-0.2, -0.15) is 0 Å². The number of carboxylic acid groups (broad SMARTS) is 1. The van der Waals surface area contributed by atoms with E-state index in [1.54, 1.807) is 4.90 Å². The van der Waals surface area contributed by atoms with E-state index in [-0.39, 0.29) is 28.8 Å². The number of methoxy groups -OCH3 is 2. The van der Waals surface area contributed by atoms with E-state index < -0.39 is 40.2 Å². The van der Waals surface area contributed by atoms with E-state index in [0.29, 0.717) is 19.0 Å². The van der Waals surface area contributed by atoms with Crippen LogP contribution in [-0.4, -0.2) is 48.7 Å². The number of rotatable bonds is 5. The number of aromatic nitrogens is 1. The van der Waals surface area contributed by atoms with Gasteiger partial charge in [0.2, 0.25) is 5.43 Å². The normalized spacial score (nSPS) is 15.5. The second kappa shape index (κ2) is 7.95. The molecule has 3 aromatic rings. The standard InChI is InChI=1S/C22H19F3N2O5/c1-31-22(32-2)5-6-26(11-22)19-9-18-13(8-16(19)25)20(28)14(21(29)30)10-27(18)17-4-3-12(23)7-15(17)24/h3-4,7-10H,5-6,11H2,1-2H3,(H,29,30). The molecule has 0 saturated carbocycles. The van der Waals surface area contributed by atoms with Gasteiger partial charge in [-0.25, -0.2) is 18.0 Å². The van der Waals surface area contributed by atoms with Crippen molar-refractivity contribution in [3.8, 4) is 5.69 Å². The van der Waals surface area contributed by atoms with Gasteiger partial charge in [-0.15, -0.1) is 0 Å². The zero-order valence-electron chi connectivity index (χ0n) is 17.2. The van der Waals surface area contributed by atoms with Crippen LogP contribution in [-0.2, 0) is 9.47 Å². The Bertz CT molecular complexity index is 1290. The summed E-state index contributed by atoms with van der Waals surface area (Å²) < 4.78 is 55.0. The molecular weight excluding hydrogens is 429 g/mol. The Morgan fingerprint density at radius 2 is 1.75 bits per heavy atom. The van der Waals surface area contributed by atoms with Crippen molar-refractivity contribution < 1.29 is 32.5 Å². The predicted octanol–water partition coefficient (Wildman–Crippen LogP) is 3.31. The van der Waals surface area contributed by atoms with E-state index in [1.165, 1.54) is 20.3 Å². The zero-order valence-corrected chi connectivity index (χ0v) is 17.2. The summed E-state index contributed by atoms with van der Waals surface area (Å²) in [5.74, 6) is -5.05. The lowest BCUT2D eigenvalue weighted by atomic mass is 10.1. The molecule has 1 aliphatic rings. The molecule has 4 rings (SSSR count). The molecule has 0 spiro atoms. The van der Waals surface area contributed by atoms with Crippen LogP contribution in [0.1, 0.15) is 16.8 Å². The third kappa shape index (κ3) is 3.51. The Balaban J connectivity index is 1.98. The van der Waals surface area contributed by atoms with Gasteiger partial charge in [0.25, 0.3) is 0 Å². The van der Waals surface area contributed by atoms with Crippen LogP contribution in [0.25, 0.3) is 16.6 Å². The van der Waals surface area contributed by atoms with Crippen molar-refractivity contribution in [1.82, 2.24) is 4.57 Å².